The fourth-order valence-corrected chi connectivity index (χ4v) is 4.19. The van der Waals surface area contributed by atoms with E-state index in [4.69, 9.17) is 9.84 Å². The normalized spacial score (nSPS) is 11.1. The first-order valence-electron chi connectivity index (χ1n) is 12.9. The van der Waals surface area contributed by atoms with Crippen LogP contribution >= 0.6 is 0 Å². The molecule has 3 aromatic carbocycles. The number of hydrogen-bond donors (Lipinski definition) is 5. The van der Waals surface area contributed by atoms with Crippen LogP contribution < -0.4 is 25.6 Å². The number of aliphatic carboxylic acids is 2. The molecule has 0 radical (unpaired) electrons. The lowest BCUT2D eigenvalue weighted by Crippen LogP contribution is -2.30. The Morgan fingerprint density at radius 1 is 0.833 bits per heavy atom. The summed E-state index contributed by atoms with van der Waals surface area (Å²) >= 11 is 0. The number of carboxylic acid groups (broad SMARTS) is 2. The molecule has 0 saturated carbocycles. The highest BCUT2D eigenvalue weighted by atomic mass is 16.5. The van der Waals surface area contributed by atoms with Crippen molar-refractivity contribution in [3.8, 4) is 5.75 Å². The zero-order valence-electron chi connectivity index (χ0n) is 23.3. The highest BCUT2D eigenvalue weighted by Crippen LogP contribution is 2.34. The number of nitrogens with one attached hydrogen (secondary N) is 3. The molecule has 0 fully saturated rings. The molecular weight excluding hydrogens is 544 g/mol. The molecule has 3 aromatic rings. The summed E-state index contributed by atoms with van der Waals surface area (Å²) in [6, 6.07) is 17.2. The largest absolute Gasteiger partial charge is 0.494 e. The van der Waals surface area contributed by atoms with Gasteiger partial charge in [0.15, 0.2) is 0 Å². The number of aryl methyl sites for hydroxylation is 1. The van der Waals surface area contributed by atoms with Crippen LogP contribution in [0.25, 0.3) is 0 Å². The first kappa shape index (κ1) is 31.1. The van der Waals surface area contributed by atoms with Crippen molar-refractivity contribution >= 4 is 52.5 Å². The van der Waals surface area contributed by atoms with Gasteiger partial charge in [0.2, 0.25) is 11.8 Å². The van der Waals surface area contributed by atoms with E-state index in [9.17, 15) is 29.1 Å². The second-order valence-corrected chi connectivity index (χ2v) is 9.34. The summed E-state index contributed by atoms with van der Waals surface area (Å²) in [4.78, 5) is 61.0. The first-order chi connectivity index (χ1) is 20.0. The van der Waals surface area contributed by atoms with Crippen LogP contribution in [0, 0.1) is 6.92 Å². The summed E-state index contributed by atoms with van der Waals surface area (Å²) in [5, 5.41) is 26.2. The minimum atomic E-state index is -1.15. The second kappa shape index (κ2) is 14.3. The van der Waals surface area contributed by atoms with Gasteiger partial charge in [-0.2, -0.15) is 0 Å². The molecule has 42 heavy (non-hydrogen) atoms. The predicted octanol–water partition coefficient (Wildman–Crippen LogP) is 4.83. The van der Waals surface area contributed by atoms with Gasteiger partial charge in [-0.1, -0.05) is 30.3 Å². The number of methoxy groups -OCH3 is 1. The Morgan fingerprint density at radius 2 is 1.48 bits per heavy atom. The van der Waals surface area contributed by atoms with Gasteiger partial charge in [-0.15, -0.1) is 0 Å². The van der Waals surface area contributed by atoms with Crippen LogP contribution in [0.1, 0.15) is 43.4 Å². The molecule has 0 aliphatic rings. The highest BCUT2D eigenvalue weighted by Gasteiger charge is 2.21. The number of urea groups is 1. The van der Waals surface area contributed by atoms with Gasteiger partial charge in [-0.05, 0) is 48.4 Å². The third-order valence-electron chi connectivity index (χ3n) is 6.23. The summed E-state index contributed by atoms with van der Waals surface area (Å²) < 4.78 is 5.47. The Bertz CT molecular complexity index is 1470. The van der Waals surface area contributed by atoms with Crippen LogP contribution in [-0.2, 0) is 19.2 Å². The summed E-state index contributed by atoms with van der Waals surface area (Å²) in [5.41, 5.74) is 3.29. The minimum Gasteiger partial charge on any atom is -0.494 e. The van der Waals surface area contributed by atoms with Crippen molar-refractivity contribution in [3.05, 3.63) is 77.9 Å². The molecule has 12 heteroatoms. The monoisotopic (exact) mass is 576 g/mol. The zero-order chi connectivity index (χ0) is 30.8. The van der Waals surface area contributed by atoms with Gasteiger partial charge in [0.25, 0.3) is 0 Å². The Morgan fingerprint density at radius 3 is 2.07 bits per heavy atom. The number of hydrogen-bond acceptors (Lipinski definition) is 6. The molecule has 3 rings (SSSR count). The lowest BCUT2D eigenvalue weighted by molar-refractivity contribution is -0.140. The predicted molar refractivity (Wildman–Crippen MR) is 156 cm³/mol. The molecule has 0 aliphatic heterocycles. The van der Waals surface area contributed by atoms with Crippen LogP contribution in [0.5, 0.6) is 5.75 Å². The Hall–Kier alpha value is -5.39. The van der Waals surface area contributed by atoms with Crippen LogP contribution in [-0.4, -0.2) is 47.1 Å². The van der Waals surface area contributed by atoms with E-state index in [0.717, 1.165) is 5.56 Å². The molecule has 220 valence electrons. The van der Waals surface area contributed by atoms with Crippen LogP contribution in [0.15, 0.2) is 66.7 Å². The average Bonchev–Trinajstić information content (AvgIpc) is 2.93. The molecule has 5 N–H and O–H groups in total. The van der Waals surface area contributed by atoms with Gasteiger partial charge < -0.3 is 30.9 Å². The summed E-state index contributed by atoms with van der Waals surface area (Å²) in [6.45, 7) is 3.25. The van der Waals surface area contributed by atoms with E-state index in [1.54, 1.807) is 48.5 Å². The zero-order valence-corrected chi connectivity index (χ0v) is 23.3. The van der Waals surface area contributed by atoms with Crippen molar-refractivity contribution in [1.29, 1.82) is 0 Å². The standard InChI is InChI=1S/C30H32N4O8/c1-18-6-4-5-7-23(18)32-30(41)33-24-13-12-22(16-26(24)42-3)34(19(2)35)21-10-8-20(9-11-21)25(17-29(39)40)31-27(36)14-15-28(37)38/h4-13,16,25H,14-15,17H2,1-3H3,(H,31,36)(H,37,38)(H,39,40)(H2,32,33,41). The summed E-state index contributed by atoms with van der Waals surface area (Å²) in [7, 11) is 1.43. The molecule has 4 amide bonds. The van der Waals surface area contributed by atoms with Crippen LogP contribution in [0.4, 0.5) is 27.5 Å². The average molecular weight is 577 g/mol. The summed E-state index contributed by atoms with van der Waals surface area (Å²) in [6.07, 6.45) is -1.09. The number of nitrogens with zero attached hydrogens (tertiary/aromatic N) is 1. The van der Waals surface area contributed by atoms with E-state index in [0.29, 0.717) is 34.1 Å². The number of ether oxygens (including phenoxy) is 1. The molecule has 1 unspecified atom stereocenters. The van der Waals surface area contributed by atoms with Crippen molar-refractivity contribution in [1.82, 2.24) is 5.32 Å². The van der Waals surface area contributed by atoms with Crippen molar-refractivity contribution < 1.29 is 38.9 Å². The molecule has 12 nitrogen and oxygen atoms in total. The Labute approximate surface area is 242 Å². The van der Waals surface area contributed by atoms with Gasteiger partial charge in [-0.25, -0.2) is 4.79 Å². The Balaban J connectivity index is 1.81. The van der Waals surface area contributed by atoms with E-state index in [1.807, 2.05) is 25.1 Å². The van der Waals surface area contributed by atoms with Crippen molar-refractivity contribution in [2.45, 2.75) is 39.2 Å². The van der Waals surface area contributed by atoms with E-state index in [2.05, 4.69) is 16.0 Å². The highest BCUT2D eigenvalue weighted by molar-refractivity contribution is 6.03. The van der Waals surface area contributed by atoms with Crippen LogP contribution in [0.2, 0.25) is 0 Å². The van der Waals surface area contributed by atoms with Crippen molar-refractivity contribution in [2.24, 2.45) is 0 Å². The molecule has 0 saturated heterocycles. The number of anilines is 4. The topological polar surface area (TPSA) is 174 Å². The van der Waals surface area contributed by atoms with Gasteiger partial charge in [0.05, 0.1) is 37.4 Å². The van der Waals surface area contributed by atoms with E-state index in [1.165, 1.54) is 18.9 Å². The molecule has 0 heterocycles. The van der Waals surface area contributed by atoms with Gasteiger partial charge in [0, 0.05) is 30.8 Å². The molecular formula is C30H32N4O8. The lowest BCUT2D eigenvalue weighted by Gasteiger charge is -2.24. The second-order valence-electron chi connectivity index (χ2n) is 9.34. The smallest absolute Gasteiger partial charge is 0.323 e. The van der Waals surface area contributed by atoms with Gasteiger partial charge in [-0.3, -0.25) is 24.1 Å². The fourth-order valence-electron chi connectivity index (χ4n) is 4.19. The molecule has 0 aromatic heterocycles. The minimum absolute atomic E-state index is 0.290. The van der Waals surface area contributed by atoms with E-state index in [-0.39, 0.29) is 18.7 Å². The number of carboxylic acids is 2. The third kappa shape index (κ3) is 8.55. The number of amides is 4. The molecule has 0 aliphatic carbocycles. The SMILES string of the molecule is COc1cc(N(C(C)=O)c2ccc(C(CC(=O)O)NC(=O)CCC(=O)O)cc2)ccc1NC(=O)Nc1ccccc1C. The maximum atomic E-state index is 12.7. The van der Waals surface area contributed by atoms with E-state index >= 15 is 0 Å². The number of para-hydroxylation sites is 1. The lowest BCUT2D eigenvalue weighted by atomic mass is 10.0. The number of carbonyl (C=O) groups is 5. The quantitative estimate of drug-likeness (QED) is 0.204. The third-order valence-corrected chi connectivity index (χ3v) is 6.23. The van der Waals surface area contributed by atoms with E-state index < -0.39 is 36.3 Å². The first-order valence-corrected chi connectivity index (χ1v) is 12.9. The fraction of sp³-hybridized carbons (Fsp3) is 0.233. The van der Waals surface area contributed by atoms with Crippen molar-refractivity contribution in [3.63, 3.8) is 0 Å². The van der Waals surface area contributed by atoms with Crippen LogP contribution in [0.3, 0.4) is 0 Å². The molecule has 1 atom stereocenters. The van der Waals surface area contributed by atoms with Crippen molar-refractivity contribution in [2.75, 3.05) is 22.6 Å². The number of carbonyl (C=O) groups excluding carboxylic acids is 3. The van der Waals surface area contributed by atoms with Gasteiger partial charge in [0.1, 0.15) is 5.75 Å². The summed E-state index contributed by atoms with van der Waals surface area (Å²) in [5.74, 6) is -2.90. The molecule has 0 bridgehead atoms. The number of benzene rings is 3. The number of rotatable bonds is 12. The maximum Gasteiger partial charge on any atom is 0.323 e. The Kier molecular flexibility index (Phi) is 10.6. The molecule has 0 spiro atoms. The van der Waals surface area contributed by atoms with Gasteiger partial charge >= 0.3 is 18.0 Å². The maximum absolute atomic E-state index is 12.7.